The molecule has 0 unspecified atom stereocenters. The van der Waals surface area contributed by atoms with Gasteiger partial charge in [0.1, 0.15) is 11.5 Å². The molecule has 7 heteroatoms. The van der Waals surface area contributed by atoms with E-state index in [2.05, 4.69) is 5.32 Å². The highest BCUT2D eigenvalue weighted by atomic mass is 35.7. The summed E-state index contributed by atoms with van der Waals surface area (Å²) in [6.07, 6.45) is 0. The number of halogens is 1. The van der Waals surface area contributed by atoms with E-state index in [4.69, 9.17) is 27.6 Å². The van der Waals surface area contributed by atoms with Crippen LogP contribution in [0.4, 0.5) is 5.69 Å². The number of hydrogen-bond acceptors (Lipinski definition) is 4. The number of fused-ring (bicyclic) bond motifs is 1. The molecule has 0 radical (unpaired) electrons. The van der Waals surface area contributed by atoms with Crippen LogP contribution in [0.5, 0.6) is 0 Å². The topological polar surface area (TPSA) is 55.4 Å². The molecule has 80 valence electrons. The Morgan fingerprint density at radius 3 is 2.87 bits per heavy atom. The fourth-order valence-corrected chi connectivity index (χ4v) is 2.54. The molecule has 2 rings (SSSR count). The number of ether oxygens (including phenoxy) is 1. The number of thiocarbonyl (C=S) groups is 1. The lowest BCUT2D eigenvalue weighted by atomic mass is 10.2. The van der Waals surface area contributed by atoms with Crippen molar-refractivity contribution in [1.82, 2.24) is 0 Å². The number of anilines is 1. The third-order valence-corrected chi connectivity index (χ3v) is 3.55. The van der Waals surface area contributed by atoms with E-state index in [0.29, 0.717) is 11.3 Å². The Kier molecular flexibility index (Phi) is 2.57. The van der Waals surface area contributed by atoms with Crippen LogP contribution in [-0.4, -0.2) is 13.6 Å². The molecule has 15 heavy (non-hydrogen) atoms. The van der Waals surface area contributed by atoms with Crippen LogP contribution < -0.4 is 5.32 Å². The van der Waals surface area contributed by atoms with Gasteiger partial charge in [-0.2, -0.15) is 0 Å². The maximum atomic E-state index is 11.3. The molecule has 1 aliphatic rings. The normalized spacial score (nSPS) is 15.1. The quantitative estimate of drug-likeness (QED) is 0.619. The maximum Gasteiger partial charge on any atom is 0.263 e. The van der Waals surface area contributed by atoms with Crippen molar-refractivity contribution in [2.45, 2.75) is 11.5 Å². The molecule has 1 heterocycles. The first kappa shape index (κ1) is 10.7. The van der Waals surface area contributed by atoms with Crippen molar-refractivity contribution in [3.63, 3.8) is 0 Å². The molecule has 0 aromatic heterocycles. The minimum absolute atomic E-state index is 0.0207. The molecule has 4 nitrogen and oxygen atoms in total. The second-order valence-corrected chi connectivity index (χ2v) is 5.83. The summed E-state index contributed by atoms with van der Waals surface area (Å²) in [4.78, 5) is 0.0207. The minimum Gasteiger partial charge on any atom is -0.466 e. The van der Waals surface area contributed by atoms with Gasteiger partial charge in [0.25, 0.3) is 14.2 Å². The monoisotopic (exact) mass is 263 g/mol. The molecule has 0 fully saturated rings. The van der Waals surface area contributed by atoms with Gasteiger partial charge in [-0.1, -0.05) is 12.1 Å². The Hall–Kier alpha value is -0.850. The summed E-state index contributed by atoms with van der Waals surface area (Å²) in [5.74, 6) is 0. The number of benzene rings is 1. The van der Waals surface area contributed by atoms with E-state index in [1.54, 1.807) is 12.1 Å². The number of hydrogen-bond donors (Lipinski definition) is 1. The summed E-state index contributed by atoms with van der Waals surface area (Å²) < 4.78 is 27.6. The fraction of sp³-hybridized carbons (Fsp3) is 0.125. The van der Waals surface area contributed by atoms with Gasteiger partial charge in [-0.3, -0.25) is 0 Å². The average molecular weight is 264 g/mol. The molecule has 0 amide bonds. The number of para-hydroxylation sites is 1. The standard InChI is InChI=1S/C8H6ClNO3S2/c9-15(11,12)6-3-1-2-5-4-13-8(14)10-7(5)6/h1-3H,4H2,(H,10,14). The molecule has 1 N–H and O–H groups in total. The Morgan fingerprint density at radius 1 is 1.47 bits per heavy atom. The average Bonchev–Trinajstić information content (AvgIpc) is 2.15. The highest BCUT2D eigenvalue weighted by molar-refractivity contribution is 8.13. The molecule has 0 saturated carbocycles. The van der Waals surface area contributed by atoms with Gasteiger partial charge in [0.2, 0.25) is 0 Å². The van der Waals surface area contributed by atoms with Crippen molar-refractivity contribution in [1.29, 1.82) is 0 Å². The zero-order chi connectivity index (χ0) is 11.1. The molecule has 1 aromatic carbocycles. The summed E-state index contributed by atoms with van der Waals surface area (Å²) in [5.41, 5.74) is 1.12. The predicted molar refractivity (Wildman–Crippen MR) is 60.5 cm³/mol. The Balaban J connectivity index is 2.64. The predicted octanol–water partition coefficient (Wildman–Crippen LogP) is 1.84. The van der Waals surface area contributed by atoms with Crippen molar-refractivity contribution >= 4 is 42.8 Å². The van der Waals surface area contributed by atoms with Crippen LogP contribution in [0.15, 0.2) is 23.1 Å². The second kappa shape index (κ2) is 3.62. The summed E-state index contributed by atoms with van der Waals surface area (Å²) >= 11 is 4.79. The van der Waals surface area contributed by atoms with Crippen LogP contribution in [0.25, 0.3) is 0 Å². The first-order chi connectivity index (χ1) is 6.98. The van der Waals surface area contributed by atoms with E-state index in [1.807, 2.05) is 0 Å². The molecule has 1 aliphatic heterocycles. The fourth-order valence-electron chi connectivity index (χ4n) is 1.32. The molecule has 0 spiro atoms. The Morgan fingerprint density at radius 2 is 2.20 bits per heavy atom. The van der Waals surface area contributed by atoms with Crippen molar-refractivity contribution in [2.24, 2.45) is 0 Å². The van der Waals surface area contributed by atoms with Gasteiger partial charge in [-0.15, -0.1) is 0 Å². The first-order valence-corrected chi connectivity index (χ1v) is 6.70. The Bertz CT molecular complexity index is 527. The van der Waals surface area contributed by atoms with Crippen LogP contribution >= 0.6 is 22.9 Å². The third kappa shape index (κ3) is 2.06. The van der Waals surface area contributed by atoms with E-state index in [0.717, 1.165) is 0 Å². The molecular formula is C8H6ClNO3S2. The van der Waals surface area contributed by atoms with Gasteiger partial charge >= 0.3 is 0 Å². The van der Waals surface area contributed by atoms with Gasteiger partial charge in [0.05, 0.1) is 5.69 Å². The highest BCUT2D eigenvalue weighted by Gasteiger charge is 2.22. The Labute approximate surface area is 96.6 Å². The van der Waals surface area contributed by atoms with Crippen molar-refractivity contribution in [2.75, 3.05) is 5.32 Å². The zero-order valence-electron chi connectivity index (χ0n) is 7.36. The summed E-state index contributed by atoms with van der Waals surface area (Å²) in [6, 6.07) is 4.77. The molecule has 0 bridgehead atoms. The molecule has 0 aliphatic carbocycles. The van der Waals surface area contributed by atoms with Crippen LogP contribution in [0.3, 0.4) is 0 Å². The second-order valence-electron chi connectivity index (χ2n) is 2.93. The van der Waals surface area contributed by atoms with Gasteiger partial charge in [0, 0.05) is 16.2 Å². The van der Waals surface area contributed by atoms with Crippen LogP contribution in [-0.2, 0) is 20.4 Å². The summed E-state index contributed by atoms with van der Waals surface area (Å²) in [7, 11) is 1.52. The maximum absolute atomic E-state index is 11.3. The molecule has 0 saturated heterocycles. The largest absolute Gasteiger partial charge is 0.466 e. The van der Waals surface area contributed by atoms with Gasteiger partial charge < -0.3 is 10.1 Å². The number of rotatable bonds is 1. The van der Waals surface area contributed by atoms with Gasteiger partial charge in [0.15, 0.2) is 0 Å². The lowest BCUT2D eigenvalue weighted by molar-refractivity contribution is 0.294. The van der Waals surface area contributed by atoms with Crippen molar-refractivity contribution < 1.29 is 13.2 Å². The third-order valence-electron chi connectivity index (χ3n) is 1.96. The van der Waals surface area contributed by atoms with E-state index >= 15 is 0 Å². The molecule has 1 aromatic rings. The van der Waals surface area contributed by atoms with E-state index in [9.17, 15) is 8.42 Å². The minimum atomic E-state index is -3.77. The summed E-state index contributed by atoms with van der Waals surface area (Å²) in [6.45, 7) is 0.251. The molecular weight excluding hydrogens is 258 g/mol. The lowest BCUT2D eigenvalue weighted by Crippen LogP contribution is -2.21. The molecule has 0 atom stereocenters. The number of nitrogens with one attached hydrogen (secondary N) is 1. The van der Waals surface area contributed by atoms with Crippen LogP contribution in [0, 0.1) is 0 Å². The zero-order valence-corrected chi connectivity index (χ0v) is 9.75. The van der Waals surface area contributed by atoms with Gasteiger partial charge in [-0.25, -0.2) is 8.42 Å². The first-order valence-electron chi connectivity index (χ1n) is 3.99. The van der Waals surface area contributed by atoms with E-state index in [-0.39, 0.29) is 16.7 Å². The van der Waals surface area contributed by atoms with Crippen LogP contribution in [0.2, 0.25) is 0 Å². The summed E-state index contributed by atoms with van der Waals surface area (Å²) in [5, 5.41) is 2.83. The SMILES string of the molecule is O=S(=O)(Cl)c1cccc2c1NC(=S)OC2. The van der Waals surface area contributed by atoms with Crippen LogP contribution in [0.1, 0.15) is 5.56 Å². The van der Waals surface area contributed by atoms with Gasteiger partial charge in [-0.05, 0) is 18.3 Å². The highest BCUT2D eigenvalue weighted by Crippen LogP contribution is 2.31. The lowest BCUT2D eigenvalue weighted by Gasteiger charge is -2.20. The van der Waals surface area contributed by atoms with E-state index in [1.165, 1.54) is 6.07 Å². The smallest absolute Gasteiger partial charge is 0.263 e. The van der Waals surface area contributed by atoms with Crippen molar-refractivity contribution in [3.8, 4) is 0 Å². The van der Waals surface area contributed by atoms with Crippen molar-refractivity contribution in [3.05, 3.63) is 23.8 Å². The van der Waals surface area contributed by atoms with E-state index < -0.39 is 9.05 Å².